The monoisotopic (exact) mass is 198 g/mol. The number of nitrogens with zero attached hydrogens (tertiary/aromatic N) is 1. The van der Waals surface area contributed by atoms with E-state index in [4.69, 9.17) is 0 Å². The van der Waals surface area contributed by atoms with Crippen LogP contribution in [0.15, 0.2) is 0 Å². The van der Waals surface area contributed by atoms with Crippen molar-refractivity contribution in [2.75, 3.05) is 26.2 Å². The molecule has 0 amide bonds. The van der Waals surface area contributed by atoms with Crippen LogP contribution in [0.1, 0.15) is 41.0 Å². The first-order chi connectivity index (χ1) is 6.35. The molecule has 1 unspecified atom stereocenters. The molecule has 2 nitrogen and oxygen atoms in total. The molecule has 14 heavy (non-hydrogen) atoms. The van der Waals surface area contributed by atoms with Gasteiger partial charge in [0, 0.05) is 31.7 Å². The van der Waals surface area contributed by atoms with Gasteiger partial charge < -0.3 is 5.32 Å². The Bertz CT molecular complexity index is 183. The van der Waals surface area contributed by atoms with Gasteiger partial charge in [0.15, 0.2) is 0 Å². The Hall–Kier alpha value is -0.0800. The number of hydrogen-bond acceptors (Lipinski definition) is 2. The average Bonchev–Trinajstić information content (AvgIpc) is 2.01. The van der Waals surface area contributed by atoms with Crippen LogP contribution >= 0.6 is 0 Å². The van der Waals surface area contributed by atoms with Gasteiger partial charge in [0.25, 0.3) is 0 Å². The third-order valence-electron chi connectivity index (χ3n) is 3.03. The van der Waals surface area contributed by atoms with Crippen molar-refractivity contribution in [2.45, 2.75) is 46.6 Å². The molecule has 0 bridgehead atoms. The van der Waals surface area contributed by atoms with Gasteiger partial charge in [-0.25, -0.2) is 0 Å². The van der Waals surface area contributed by atoms with Crippen molar-refractivity contribution < 1.29 is 0 Å². The highest BCUT2D eigenvalue weighted by atomic mass is 15.2. The van der Waals surface area contributed by atoms with E-state index in [-0.39, 0.29) is 0 Å². The number of hydrogen-bond donors (Lipinski definition) is 1. The van der Waals surface area contributed by atoms with Gasteiger partial charge in [0.2, 0.25) is 0 Å². The van der Waals surface area contributed by atoms with Crippen molar-refractivity contribution in [1.29, 1.82) is 0 Å². The largest absolute Gasteiger partial charge is 0.309 e. The quantitative estimate of drug-likeness (QED) is 0.731. The first-order valence-corrected chi connectivity index (χ1v) is 5.82. The zero-order valence-electron chi connectivity index (χ0n) is 10.5. The molecule has 0 spiro atoms. The fourth-order valence-corrected chi connectivity index (χ4v) is 2.19. The van der Waals surface area contributed by atoms with Gasteiger partial charge in [-0.05, 0) is 18.8 Å². The van der Waals surface area contributed by atoms with Crippen LogP contribution in [0.25, 0.3) is 0 Å². The minimum Gasteiger partial charge on any atom is -0.309 e. The summed E-state index contributed by atoms with van der Waals surface area (Å²) in [5, 5.41) is 3.62. The molecule has 1 rings (SSSR count). The number of rotatable bonds is 2. The summed E-state index contributed by atoms with van der Waals surface area (Å²) in [4.78, 5) is 2.60. The van der Waals surface area contributed by atoms with Gasteiger partial charge in [-0.15, -0.1) is 0 Å². The summed E-state index contributed by atoms with van der Waals surface area (Å²) in [6, 6.07) is 0. The van der Waals surface area contributed by atoms with Crippen LogP contribution in [-0.2, 0) is 0 Å². The molecule has 1 aliphatic rings. The maximum absolute atomic E-state index is 3.62. The summed E-state index contributed by atoms with van der Waals surface area (Å²) >= 11 is 0. The Morgan fingerprint density at radius 3 is 2.50 bits per heavy atom. The number of nitrogens with one attached hydrogen (secondary N) is 1. The molecule has 1 heterocycles. The molecule has 1 atom stereocenters. The van der Waals surface area contributed by atoms with E-state index in [9.17, 15) is 0 Å². The second-order valence-corrected chi connectivity index (χ2v) is 6.11. The van der Waals surface area contributed by atoms with Crippen molar-refractivity contribution >= 4 is 0 Å². The molecule has 1 N–H and O–H groups in total. The molecule has 0 aliphatic carbocycles. The summed E-state index contributed by atoms with van der Waals surface area (Å²) in [7, 11) is 0. The lowest BCUT2D eigenvalue weighted by Gasteiger charge is -2.43. The lowest BCUT2D eigenvalue weighted by Crippen LogP contribution is -2.59. The highest BCUT2D eigenvalue weighted by Crippen LogP contribution is 2.20. The molecule has 1 aliphatic heterocycles. The van der Waals surface area contributed by atoms with Gasteiger partial charge in [-0.3, -0.25) is 4.90 Å². The molecule has 0 aromatic heterocycles. The fourth-order valence-electron chi connectivity index (χ4n) is 2.19. The normalized spacial score (nSPS) is 30.6. The summed E-state index contributed by atoms with van der Waals surface area (Å²) in [5.41, 5.74) is 0.759. The average molecular weight is 198 g/mol. The van der Waals surface area contributed by atoms with Crippen LogP contribution < -0.4 is 5.32 Å². The van der Waals surface area contributed by atoms with Crippen molar-refractivity contribution in [2.24, 2.45) is 5.41 Å². The van der Waals surface area contributed by atoms with Gasteiger partial charge in [0.05, 0.1) is 0 Å². The van der Waals surface area contributed by atoms with Crippen LogP contribution in [0.3, 0.4) is 0 Å². The Labute approximate surface area is 89.1 Å². The van der Waals surface area contributed by atoms with E-state index in [1.54, 1.807) is 0 Å². The first kappa shape index (κ1) is 12.0. The highest BCUT2D eigenvalue weighted by molar-refractivity contribution is 4.90. The van der Waals surface area contributed by atoms with Crippen molar-refractivity contribution in [1.82, 2.24) is 10.2 Å². The Kier molecular flexibility index (Phi) is 3.59. The maximum Gasteiger partial charge on any atom is 0.0278 e. The molecule has 84 valence electrons. The predicted molar refractivity (Wildman–Crippen MR) is 62.6 cm³/mol. The molecule has 0 radical (unpaired) electrons. The topological polar surface area (TPSA) is 15.3 Å². The maximum atomic E-state index is 3.62. The van der Waals surface area contributed by atoms with E-state index in [2.05, 4.69) is 44.8 Å². The van der Waals surface area contributed by atoms with E-state index in [1.165, 1.54) is 26.1 Å². The standard InChI is InChI=1S/C12H26N2/c1-6-12(5)10-14(8-7-13-12)9-11(2,3)4/h13H,6-10H2,1-5H3. The zero-order valence-corrected chi connectivity index (χ0v) is 10.5. The van der Waals surface area contributed by atoms with Gasteiger partial charge in [-0.2, -0.15) is 0 Å². The van der Waals surface area contributed by atoms with Crippen LogP contribution in [0.5, 0.6) is 0 Å². The molecule has 0 aromatic carbocycles. The summed E-state index contributed by atoms with van der Waals surface area (Å²) in [5.74, 6) is 0. The van der Waals surface area contributed by atoms with Crippen LogP contribution in [-0.4, -0.2) is 36.6 Å². The molecule has 1 fully saturated rings. The van der Waals surface area contributed by atoms with Gasteiger partial charge in [0.1, 0.15) is 0 Å². The molecule has 2 heteroatoms. The lowest BCUT2D eigenvalue weighted by molar-refractivity contribution is 0.105. The highest BCUT2D eigenvalue weighted by Gasteiger charge is 2.30. The number of piperazine rings is 1. The minimum absolute atomic E-state index is 0.337. The molecule has 1 saturated heterocycles. The van der Waals surface area contributed by atoms with Crippen molar-refractivity contribution in [3.05, 3.63) is 0 Å². The first-order valence-electron chi connectivity index (χ1n) is 5.82. The second kappa shape index (κ2) is 4.19. The second-order valence-electron chi connectivity index (χ2n) is 6.11. The van der Waals surface area contributed by atoms with E-state index < -0.39 is 0 Å². The van der Waals surface area contributed by atoms with Gasteiger partial charge in [-0.1, -0.05) is 27.7 Å². The third-order valence-corrected chi connectivity index (χ3v) is 3.03. The van der Waals surface area contributed by atoms with Crippen molar-refractivity contribution in [3.8, 4) is 0 Å². The van der Waals surface area contributed by atoms with E-state index in [0.717, 1.165) is 6.54 Å². The molecular weight excluding hydrogens is 172 g/mol. The Balaban J connectivity index is 2.48. The van der Waals surface area contributed by atoms with E-state index in [0.29, 0.717) is 11.0 Å². The third kappa shape index (κ3) is 3.58. The fraction of sp³-hybridized carbons (Fsp3) is 1.00. The predicted octanol–water partition coefficient (Wildman–Crippen LogP) is 2.11. The van der Waals surface area contributed by atoms with Crippen LogP contribution in [0.2, 0.25) is 0 Å². The smallest absolute Gasteiger partial charge is 0.0278 e. The Morgan fingerprint density at radius 1 is 1.36 bits per heavy atom. The summed E-state index contributed by atoms with van der Waals surface area (Å²) < 4.78 is 0. The lowest BCUT2D eigenvalue weighted by atomic mass is 9.91. The van der Waals surface area contributed by atoms with E-state index in [1.807, 2.05) is 0 Å². The van der Waals surface area contributed by atoms with Gasteiger partial charge >= 0.3 is 0 Å². The zero-order chi connectivity index (χ0) is 10.8. The SMILES string of the molecule is CCC1(C)CN(CC(C)(C)C)CCN1. The summed E-state index contributed by atoms with van der Waals surface area (Å²) in [6.07, 6.45) is 1.22. The van der Waals surface area contributed by atoms with Crippen LogP contribution in [0, 0.1) is 5.41 Å². The summed E-state index contributed by atoms with van der Waals surface area (Å²) in [6.45, 7) is 16.3. The van der Waals surface area contributed by atoms with Crippen molar-refractivity contribution in [3.63, 3.8) is 0 Å². The van der Waals surface area contributed by atoms with Crippen LogP contribution in [0.4, 0.5) is 0 Å². The minimum atomic E-state index is 0.337. The van der Waals surface area contributed by atoms with E-state index >= 15 is 0 Å². The molecule has 0 saturated carbocycles. The Morgan fingerprint density at radius 2 is 2.00 bits per heavy atom. The molecular formula is C12H26N2. The molecule has 0 aromatic rings.